The minimum absolute atomic E-state index is 0.0113. The van der Waals surface area contributed by atoms with Gasteiger partial charge >= 0.3 is 12.3 Å². The Labute approximate surface area is 188 Å². The molecule has 1 aliphatic heterocycles. The van der Waals surface area contributed by atoms with E-state index in [9.17, 15) is 18.0 Å². The highest BCUT2D eigenvalue weighted by Gasteiger charge is 2.62. The van der Waals surface area contributed by atoms with Crippen molar-refractivity contribution in [2.24, 2.45) is 5.16 Å². The van der Waals surface area contributed by atoms with Crippen LogP contribution in [0.1, 0.15) is 23.1 Å². The van der Waals surface area contributed by atoms with Crippen LogP contribution in [-0.2, 0) is 17.0 Å². The van der Waals surface area contributed by atoms with Gasteiger partial charge in [-0.3, -0.25) is 0 Å². The van der Waals surface area contributed by atoms with E-state index in [-0.39, 0.29) is 37.9 Å². The molecule has 30 heavy (non-hydrogen) atoms. The zero-order valence-electron chi connectivity index (χ0n) is 14.7. The lowest BCUT2D eigenvalue weighted by atomic mass is 9.86. The largest absolute Gasteiger partial charge is 0.465 e. The number of alkyl halides is 3. The second kappa shape index (κ2) is 8.34. The summed E-state index contributed by atoms with van der Waals surface area (Å²) in [6.45, 7) is -0.136. The molecule has 0 aliphatic carbocycles. The first-order valence-corrected chi connectivity index (χ1v) is 9.68. The van der Waals surface area contributed by atoms with Gasteiger partial charge in [0.15, 0.2) is 0 Å². The number of benzene rings is 2. The number of hydrogen-bond donors (Lipinski definition) is 2. The second-order valence-electron chi connectivity index (χ2n) is 6.35. The fourth-order valence-electron chi connectivity index (χ4n) is 2.91. The molecule has 1 atom stereocenters. The molecule has 2 aromatic rings. The predicted molar refractivity (Wildman–Crippen MR) is 108 cm³/mol. The van der Waals surface area contributed by atoms with Crippen molar-refractivity contribution in [3.63, 3.8) is 0 Å². The lowest BCUT2D eigenvalue weighted by Crippen LogP contribution is -2.42. The number of rotatable bonds is 4. The third-order valence-electron chi connectivity index (χ3n) is 4.45. The van der Waals surface area contributed by atoms with E-state index in [2.05, 4.69) is 10.5 Å². The van der Waals surface area contributed by atoms with Gasteiger partial charge in [-0.15, -0.1) is 0 Å². The number of carboxylic acid groups (broad SMARTS) is 1. The summed E-state index contributed by atoms with van der Waals surface area (Å²) in [6.07, 6.45) is -6.80. The van der Waals surface area contributed by atoms with E-state index < -0.39 is 24.3 Å². The molecule has 1 aliphatic rings. The van der Waals surface area contributed by atoms with Gasteiger partial charge < -0.3 is 15.3 Å². The molecule has 0 saturated carbocycles. The SMILES string of the molecule is O=C(O)NCc1cc(C2=NOC(c3cc(Cl)c(Cl)c(Cl)c3)(C(F)(F)F)C2)ccc1Cl. The van der Waals surface area contributed by atoms with Crippen LogP contribution in [0, 0.1) is 0 Å². The van der Waals surface area contributed by atoms with Crippen LogP contribution in [-0.4, -0.2) is 23.1 Å². The summed E-state index contributed by atoms with van der Waals surface area (Å²) in [7, 11) is 0. The van der Waals surface area contributed by atoms with Crippen molar-refractivity contribution in [3.8, 4) is 0 Å². The van der Waals surface area contributed by atoms with Crippen LogP contribution in [0.5, 0.6) is 0 Å². The van der Waals surface area contributed by atoms with Crippen molar-refractivity contribution in [2.75, 3.05) is 0 Å². The maximum atomic E-state index is 14.1. The highest BCUT2D eigenvalue weighted by atomic mass is 35.5. The molecular weight excluding hydrogens is 491 g/mol. The van der Waals surface area contributed by atoms with Gasteiger partial charge in [0.2, 0.25) is 0 Å². The third-order valence-corrected chi connectivity index (χ3v) is 6.01. The number of halogens is 7. The minimum Gasteiger partial charge on any atom is -0.465 e. The minimum atomic E-state index is -4.86. The Balaban J connectivity index is 1.99. The molecule has 160 valence electrons. The normalized spacial score (nSPS) is 18.7. The molecule has 2 N–H and O–H groups in total. The summed E-state index contributed by atoms with van der Waals surface area (Å²) in [5, 5.41) is 14.4. The predicted octanol–water partition coefficient (Wildman–Crippen LogP) is 6.65. The molecule has 0 saturated heterocycles. The van der Waals surface area contributed by atoms with Crippen molar-refractivity contribution in [1.29, 1.82) is 0 Å². The molecule has 0 aromatic heterocycles. The fraction of sp³-hybridized carbons (Fsp3) is 0.222. The highest BCUT2D eigenvalue weighted by molar-refractivity contribution is 6.48. The molecule has 5 nitrogen and oxygen atoms in total. The molecular formula is C18H11Cl4F3N2O3. The van der Waals surface area contributed by atoms with E-state index in [1.807, 2.05) is 0 Å². The van der Waals surface area contributed by atoms with Crippen LogP contribution in [0.3, 0.4) is 0 Å². The van der Waals surface area contributed by atoms with Crippen molar-refractivity contribution in [1.82, 2.24) is 5.32 Å². The Hall–Kier alpha value is -1.87. The first-order valence-electron chi connectivity index (χ1n) is 8.17. The van der Waals surface area contributed by atoms with Crippen LogP contribution >= 0.6 is 46.4 Å². The molecule has 1 unspecified atom stereocenters. The second-order valence-corrected chi connectivity index (χ2v) is 7.95. The lowest BCUT2D eigenvalue weighted by molar-refractivity contribution is -0.275. The van der Waals surface area contributed by atoms with E-state index >= 15 is 0 Å². The van der Waals surface area contributed by atoms with Crippen molar-refractivity contribution >= 4 is 58.2 Å². The lowest BCUT2D eigenvalue weighted by Gasteiger charge is -2.30. The highest BCUT2D eigenvalue weighted by Crippen LogP contribution is 2.50. The van der Waals surface area contributed by atoms with E-state index in [0.29, 0.717) is 11.1 Å². The Morgan fingerprint density at radius 3 is 2.33 bits per heavy atom. The van der Waals surface area contributed by atoms with Gasteiger partial charge in [0.25, 0.3) is 5.60 Å². The van der Waals surface area contributed by atoms with Crippen LogP contribution in [0.2, 0.25) is 20.1 Å². The molecule has 0 radical (unpaired) electrons. The fourth-order valence-corrected chi connectivity index (χ4v) is 3.69. The Morgan fingerprint density at radius 1 is 1.13 bits per heavy atom. The van der Waals surface area contributed by atoms with Crippen LogP contribution in [0.25, 0.3) is 0 Å². The first-order chi connectivity index (χ1) is 13.9. The molecule has 2 aromatic carbocycles. The van der Waals surface area contributed by atoms with Crippen molar-refractivity contribution < 1.29 is 27.9 Å². The summed E-state index contributed by atoms with van der Waals surface area (Å²) in [5.41, 5.74) is -2.53. The number of nitrogens with one attached hydrogen (secondary N) is 1. The topological polar surface area (TPSA) is 70.9 Å². The van der Waals surface area contributed by atoms with Gasteiger partial charge in [-0.1, -0.05) is 57.6 Å². The van der Waals surface area contributed by atoms with Gasteiger partial charge in [-0.2, -0.15) is 13.2 Å². The molecule has 3 rings (SSSR count). The third kappa shape index (κ3) is 4.27. The summed E-state index contributed by atoms with van der Waals surface area (Å²) in [6, 6.07) is 6.40. The molecule has 12 heteroatoms. The Bertz CT molecular complexity index is 1020. The zero-order chi connectivity index (χ0) is 22.3. The van der Waals surface area contributed by atoms with Crippen molar-refractivity contribution in [2.45, 2.75) is 24.7 Å². The van der Waals surface area contributed by atoms with E-state index in [1.165, 1.54) is 18.2 Å². The summed E-state index contributed by atoms with van der Waals surface area (Å²) in [5.74, 6) is 0. The van der Waals surface area contributed by atoms with Crippen LogP contribution in [0.15, 0.2) is 35.5 Å². The molecule has 0 fully saturated rings. The standard InChI is InChI=1S/C18H11Cl4F3N2O3/c19-11-2-1-8(3-9(11)7-26-16(28)29)14-6-17(30-27-14,18(23,24)25)10-4-12(20)15(22)13(21)5-10/h1-5,26H,6-7H2,(H,28,29). The summed E-state index contributed by atoms with van der Waals surface area (Å²) < 4.78 is 42.3. The Morgan fingerprint density at radius 2 is 1.77 bits per heavy atom. The van der Waals surface area contributed by atoms with Gasteiger partial charge in [0.1, 0.15) is 0 Å². The molecule has 0 spiro atoms. The van der Waals surface area contributed by atoms with Gasteiger partial charge in [0.05, 0.1) is 20.8 Å². The molecule has 0 bridgehead atoms. The number of oxime groups is 1. The van der Waals surface area contributed by atoms with Gasteiger partial charge in [-0.05, 0) is 35.4 Å². The maximum Gasteiger partial charge on any atom is 0.435 e. The zero-order valence-corrected chi connectivity index (χ0v) is 17.7. The molecule has 1 amide bonds. The summed E-state index contributed by atoms with van der Waals surface area (Å²) in [4.78, 5) is 15.6. The van der Waals surface area contributed by atoms with E-state index in [1.54, 1.807) is 0 Å². The number of carbonyl (C=O) groups is 1. The van der Waals surface area contributed by atoms with Crippen molar-refractivity contribution in [3.05, 3.63) is 67.1 Å². The van der Waals surface area contributed by atoms with Gasteiger partial charge in [-0.25, -0.2) is 4.79 Å². The van der Waals surface area contributed by atoms with Crippen LogP contribution in [0.4, 0.5) is 18.0 Å². The quantitative estimate of drug-likeness (QED) is 0.460. The maximum absolute atomic E-state index is 14.1. The average molecular weight is 502 g/mol. The van der Waals surface area contributed by atoms with Crippen LogP contribution < -0.4 is 5.32 Å². The average Bonchev–Trinajstić information content (AvgIpc) is 3.11. The van der Waals surface area contributed by atoms with Gasteiger partial charge in [0, 0.05) is 23.6 Å². The first kappa shape index (κ1) is 22.8. The number of hydrogen-bond acceptors (Lipinski definition) is 3. The summed E-state index contributed by atoms with van der Waals surface area (Å²) >= 11 is 23.7. The smallest absolute Gasteiger partial charge is 0.435 e. The van der Waals surface area contributed by atoms with E-state index in [0.717, 1.165) is 12.1 Å². The number of nitrogens with zero attached hydrogens (tertiary/aromatic N) is 1. The number of amides is 1. The van der Waals surface area contributed by atoms with E-state index in [4.69, 9.17) is 56.3 Å². The Kier molecular flexibility index (Phi) is 6.34. The molecule has 1 heterocycles. The monoisotopic (exact) mass is 500 g/mol.